The lowest BCUT2D eigenvalue weighted by atomic mass is 10.0. The van der Waals surface area contributed by atoms with Gasteiger partial charge in [0.2, 0.25) is 0 Å². The van der Waals surface area contributed by atoms with Crippen LogP contribution in [-0.2, 0) is 9.53 Å². The lowest BCUT2D eigenvalue weighted by molar-refractivity contribution is -0.144. The van der Waals surface area contributed by atoms with E-state index in [4.69, 9.17) is 4.74 Å². The number of hydrogen-bond donors (Lipinski definition) is 0. The summed E-state index contributed by atoms with van der Waals surface area (Å²) in [5.74, 6) is -0.293. The van der Waals surface area contributed by atoms with Gasteiger partial charge in [-0.25, -0.2) is 0 Å². The second-order valence-electron chi connectivity index (χ2n) is 3.12. The van der Waals surface area contributed by atoms with Gasteiger partial charge in [-0.3, -0.25) is 4.79 Å². The fraction of sp³-hybridized carbons (Fsp3) is 0.250. The van der Waals surface area contributed by atoms with Crippen LogP contribution in [0, 0.1) is 6.92 Å². The summed E-state index contributed by atoms with van der Waals surface area (Å²) < 4.78 is 5.11. The molecule has 2 heteroatoms. The molecule has 0 amide bonds. The fourth-order valence-corrected chi connectivity index (χ4v) is 1.32. The van der Waals surface area contributed by atoms with Crippen LogP contribution in [0.3, 0.4) is 0 Å². The Hall–Kier alpha value is -1.57. The Morgan fingerprint density at radius 1 is 1.50 bits per heavy atom. The third kappa shape index (κ3) is 2.46. The molecule has 2 nitrogen and oxygen atoms in total. The van der Waals surface area contributed by atoms with Gasteiger partial charge >= 0.3 is 5.97 Å². The molecule has 1 aromatic carbocycles. The van der Waals surface area contributed by atoms with Crippen molar-refractivity contribution in [2.75, 3.05) is 0 Å². The summed E-state index contributed by atoms with van der Waals surface area (Å²) in [5, 5.41) is 0. The standard InChI is InChI=1S/C12H14O2/c1-4-12(14-10(3)13)11-8-6-5-7-9(11)2/h4-8,12H,1H2,2-3H3. The summed E-state index contributed by atoms with van der Waals surface area (Å²) in [5.41, 5.74) is 2.08. The Bertz CT molecular complexity index is 342. The normalized spacial score (nSPS) is 11.9. The van der Waals surface area contributed by atoms with Gasteiger partial charge in [-0.15, -0.1) is 0 Å². The number of carbonyl (C=O) groups excluding carboxylic acids is 1. The monoisotopic (exact) mass is 190 g/mol. The molecule has 1 atom stereocenters. The van der Waals surface area contributed by atoms with Crippen LogP contribution < -0.4 is 0 Å². The van der Waals surface area contributed by atoms with E-state index in [9.17, 15) is 4.79 Å². The van der Waals surface area contributed by atoms with Crippen molar-refractivity contribution in [3.63, 3.8) is 0 Å². The maximum absolute atomic E-state index is 10.8. The third-order valence-corrected chi connectivity index (χ3v) is 2.00. The van der Waals surface area contributed by atoms with Crippen molar-refractivity contribution in [1.29, 1.82) is 0 Å². The number of aryl methyl sites for hydroxylation is 1. The first-order valence-electron chi connectivity index (χ1n) is 4.50. The van der Waals surface area contributed by atoms with Crippen molar-refractivity contribution in [3.8, 4) is 0 Å². The highest BCUT2D eigenvalue weighted by molar-refractivity contribution is 5.66. The second kappa shape index (κ2) is 4.61. The van der Waals surface area contributed by atoms with Gasteiger partial charge in [0.1, 0.15) is 6.10 Å². The van der Waals surface area contributed by atoms with E-state index in [1.165, 1.54) is 6.92 Å². The molecule has 1 aromatic rings. The van der Waals surface area contributed by atoms with Crippen molar-refractivity contribution in [3.05, 3.63) is 48.0 Å². The van der Waals surface area contributed by atoms with Crippen molar-refractivity contribution in [2.45, 2.75) is 20.0 Å². The fourth-order valence-electron chi connectivity index (χ4n) is 1.32. The molecule has 0 fully saturated rings. The molecule has 0 aliphatic heterocycles. The maximum atomic E-state index is 10.8. The molecule has 0 heterocycles. The van der Waals surface area contributed by atoms with Crippen LogP contribution in [0.25, 0.3) is 0 Å². The van der Waals surface area contributed by atoms with Crippen LogP contribution >= 0.6 is 0 Å². The Labute approximate surface area is 84.2 Å². The summed E-state index contributed by atoms with van der Waals surface area (Å²) in [6.45, 7) is 7.03. The maximum Gasteiger partial charge on any atom is 0.303 e. The first-order chi connectivity index (χ1) is 6.65. The van der Waals surface area contributed by atoms with Crippen molar-refractivity contribution in [2.24, 2.45) is 0 Å². The Balaban J connectivity index is 2.94. The number of esters is 1. The average molecular weight is 190 g/mol. The van der Waals surface area contributed by atoms with Crippen molar-refractivity contribution in [1.82, 2.24) is 0 Å². The van der Waals surface area contributed by atoms with E-state index in [1.54, 1.807) is 6.08 Å². The largest absolute Gasteiger partial charge is 0.453 e. The summed E-state index contributed by atoms with van der Waals surface area (Å²) in [4.78, 5) is 10.8. The molecular formula is C12H14O2. The van der Waals surface area contributed by atoms with Gasteiger partial charge in [0.25, 0.3) is 0 Å². The number of rotatable bonds is 3. The second-order valence-corrected chi connectivity index (χ2v) is 3.12. The van der Waals surface area contributed by atoms with Gasteiger partial charge in [0, 0.05) is 6.92 Å². The third-order valence-electron chi connectivity index (χ3n) is 2.00. The first-order valence-corrected chi connectivity index (χ1v) is 4.50. The molecule has 0 aliphatic rings. The highest BCUT2D eigenvalue weighted by Gasteiger charge is 2.11. The van der Waals surface area contributed by atoms with E-state index in [-0.39, 0.29) is 12.1 Å². The summed E-state index contributed by atoms with van der Waals surface area (Å²) in [6, 6.07) is 7.79. The molecule has 1 rings (SSSR count). The predicted molar refractivity (Wildman–Crippen MR) is 55.9 cm³/mol. The minimum absolute atomic E-state index is 0.293. The Morgan fingerprint density at radius 3 is 2.64 bits per heavy atom. The minimum atomic E-state index is -0.339. The number of hydrogen-bond acceptors (Lipinski definition) is 2. The minimum Gasteiger partial charge on any atom is -0.453 e. The van der Waals surface area contributed by atoms with E-state index < -0.39 is 0 Å². The van der Waals surface area contributed by atoms with Crippen LogP contribution in [-0.4, -0.2) is 5.97 Å². The van der Waals surface area contributed by atoms with E-state index in [1.807, 2.05) is 31.2 Å². The number of carbonyl (C=O) groups is 1. The highest BCUT2D eigenvalue weighted by atomic mass is 16.5. The molecule has 74 valence electrons. The summed E-state index contributed by atoms with van der Waals surface area (Å²) in [6.07, 6.45) is 1.29. The zero-order valence-electron chi connectivity index (χ0n) is 8.49. The van der Waals surface area contributed by atoms with Gasteiger partial charge in [-0.2, -0.15) is 0 Å². The van der Waals surface area contributed by atoms with Crippen LogP contribution in [0.5, 0.6) is 0 Å². The van der Waals surface area contributed by atoms with Crippen molar-refractivity contribution >= 4 is 5.97 Å². The SMILES string of the molecule is C=CC(OC(C)=O)c1ccccc1C. The van der Waals surface area contributed by atoms with Gasteiger partial charge in [0.15, 0.2) is 0 Å². The zero-order valence-corrected chi connectivity index (χ0v) is 8.49. The van der Waals surface area contributed by atoms with Gasteiger partial charge in [-0.05, 0) is 24.1 Å². The molecule has 0 N–H and O–H groups in total. The predicted octanol–water partition coefficient (Wildman–Crippen LogP) is 2.79. The molecule has 0 aromatic heterocycles. The van der Waals surface area contributed by atoms with E-state index >= 15 is 0 Å². The molecule has 0 bridgehead atoms. The topological polar surface area (TPSA) is 26.3 Å². The highest BCUT2D eigenvalue weighted by Crippen LogP contribution is 2.21. The molecule has 1 unspecified atom stereocenters. The van der Waals surface area contributed by atoms with Crippen molar-refractivity contribution < 1.29 is 9.53 Å². The van der Waals surface area contributed by atoms with Crippen LogP contribution in [0.2, 0.25) is 0 Å². The van der Waals surface area contributed by atoms with E-state index in [2.05, 4.69) is 6.58 Å². The number of ether oxygens (including phenoxy) is 1. The van der Waals surface area contributed by atoms with Gasteiger partial charge < -0.3 is 4.74 Å². The Morgan fingerprint density at radius 2 is 2.14 bits per heavy atom. The molecule has 0 saturated heterocycles. The van der Waals surface area contributed by atoms with Gasteiger partial charge in [-0.1, -0.05) is 30.8 Å². The van der Waals surface area contributed by atoms with E-state index in [0.29, 0.717) is 0 Å². The molecule has 0 radical (unpaired) electrons. The average Bonchev–Trinajstić information content (AvgIpc) is 2.15. The quantitative estimate of drug-likeness (QED) is 0.541. The van der Waals surface area contributed by atoms with Crippen LogP contribution in [0.1, 0.15) is 24.2 Å². The molecule has 0 spiro atoms. The molecule has 0 saturated carbocycles. The lowest BCUT2D eigenvalue weighted by Crippen LogP contribution is -2.07. The molecular weight excluding hydrogens is 176 g/mol. The lowest BCUT2D eigenvalue weighted by Gasteiger charge is -2.15. The van der Waals surface area contributed by atoms with Crippen LogP contribution in [0.4, 0.5) is 0 Å². The summed E-state index contributed by atoms with van der Waals surface area (Å²) >= 11 is 0. The molecule has 0 aliphatic carbocycles. The summed E-state index contributed by atoms with van der Waals surface area (Å²) in [7, 11) is 0. The van der Waals surface area contributed by atoms with Crippen LogP contribution in [0.15, 0.2) is 36.9 Å². The van der Waals surface area contributed by atoms with E-state index in [0.717, 1.165) is 11.1 Å². The van der Waals surface area contributed by atoms with Gasteiger partial charge in [0.05, 0.1) is 0 Å². The Kier molecular flexibility index (Phi) is 3.46. The molecule has 14 heavy (non-hydrogen) atoms. The number of benzene rings is 1. The zero-order chi connectivity index (χ0) is 10.6. The smallest absolute Gasteiger partial charge is 0.303 e. The first kappa shape index (κ1) is 10.5.